The molecule has 0 atom stereocenters. The largest absolute Gasteiger partial charge is 0.477 e. The highest BCUT2D eigenvalue weighted by atomic mass is 79.9. The summed E-state index contributed by atoms with van der Waals surface area (Å²) in [6.07, 6.45) is 4.82. The molecule has 20 heavy (non-hydrogen) atoms. The monoisotopic (exact) mass is 340 g/mol. The Morgan fingerprint density at radius 1 is 1.50 bits per heavy atom. The molecule has 0 aliphatic heterocycles. The van der Waals surface area contributed by atoms with Crippen molar-refractivity contribution >= 4 is 28.0 Å². The van der Waals surface area contributed by atoms with Gasteiger partial charge in [0.05, 0.1) is 28.7 Å². The first kappa shape index (κ1) is 16.7. The molecule has 0 bridgehead atoms. The summed E-state index contributed by atoms with van der Waals surface area (Å²) in [7, 11) is 0. The van der Waals surface area contributed by atoms with Gasteiger partial charge in [0, 0.05) is 0 Å². The summed E-state index contributed by atoms with van der Waals surface area (Å²) in [6.45, 7) is 10.4. The third-order valence-corrected chi connectivity index (χ3v) is 3.19. The molecule has 0 N–H and O–H groups in total. The standard InChI is InChI=1S/C15H21BrN2O2/c1-5-19-10-17-14-9-13(16)15(18-12(14)4)20-8-6-7-11(2)3/h5,9-11H,1,6-8H2,2-4H3. The van der Waals surface area contributed by atoms with Crippen LogP contribution < -0.4 is 4.74 Å². The molecule has 0 fully saturated rings. The molecular weight excluding hydrogens is 320 g/mol. The van der Waals surface area contributed by atoms with E-state index in [-0.39, 0.29) is 0 Å². The van der Waals surface area contributed by atoms with Crippen LogP contribution in [0.25, 0.3) is 0 Å². The summed E-state index contributed by atoms with van der Waals surface area (Å²) in [5.41, 5.74) is 1.52. The van der Waals surface area contributed by atoms with Gasteiger partial charge < -0.3 is 9.47 Å². The first-order valence-corrected chi connectivity index (χ1v) is 7.42. The Kier molecular flexibility index (Phi) is 7.30. The number of rotatable bonds is 8. The van der Waals surface area contributed by atoms with E-state index in [0.29, 0.717) is 18.4 Å². The van der Waals surface area contributed by atoms with Gasteiger partial charge in [0.25, 0.3) is 0 Å². The average molecular weight is 341 g/mol. The zero-order valence-electron chi connectivity index (χ0n) is 12.2. The number of halogens is 1. The lowest BCUT2D eigenvalue weighted by Gasteiger charge is -2.10. The number of aliphatic imine (C=N–C) groups is 1. The van der Waals surface area contributed by atoms with Gasteiger partial charge in [0.2, 0.25) is 5.88 Å². The first-order chi connectivity index (χ1) is 9.54. The number of pyridine rings is 1. The Morgan fingerprint density at radius 3 is 2.90 bits per heavy atom. The smallest absolute Gasteiger partial charge is 0.228 e. The number of aromatic nitrogens is 1. The predicted octanol–water partition coefficient (Wildman–Crippen LogP) is 4.79. The summed E-state index contributed by atoms with van der Waals surface area (Å²) in [5, 5.41) is 0. The highest BCUT2D eigenvalue weighted by Gasteiger charge is 2.08. The molecule has 1 aromatic heterocycles. The predicted molar refractivity (Wildman–Crippen MR) is 85.7 cm³/mol. The van der Waals surface area contributed by atoms with Gasteiger partial charge in [-0.1, -0.05) is 20.4 Å². The Labute approximate surface area is 129 Å². The van der Waals surface area contributed by atoms with Gasteiger partial charge in [0.15, 0.2) is 6.40 Å². The van der Waals surface area contributed by atoms with Gasteiger partial charge in [-0.2, -0.15) is 0 Å². The van der Waals surface area contributed by atoms with E-state index in [2.05, 4.69) is 46.3 Å². The maximum absolute atomic E-state index is 5.69. The quantitative estimate of drug-likeness (QED) is 0.296. The number of hydrogen-bond acceptors (Lipinski definition) is 4. The topological polar surface area (TPSA) is 43.7 Å². The minimum Gasteiger partial charge on any atom is -0.477 e. The van der Waals surface area contributed by atoms with Crippen LogP contribution in [0.5, 0.6) is 5.88 Å². The lowest BCUT2D eigenvalue weighted by atomic mass is 10.1. The summed E-state index contributed by atoms with van der Waals surface area (Å²) in [5.74, 6) is 1.30. The van der Waals surface area contributed by atoms with Crippen LogP contribution in [0, 0.1) is 12.8 Å². The van der Waals surface area contributed by atoms with E-state index in [4.69, 9.17) is 9.47 Å². The fraction of sp³-hybridized carbons (Fsp3) is 0.467. The van der Waals surface area contributed by atoms with Crippen molar-refractivity contribution in [3.63, 3.8) is 0 Å². The fourth-order valence-corrected chi connectivity index (χ4v) is 1.99. The van der Waals surface area contributed by atoms with Crippen LogP contribution in [-0.4, -0.2) is 18.0 Å². The molecule has 0 aromatic carbocycles. The van der Waals surface area contributed by atoms with Crippen LogP contribution in [0.1, 0.15) is 32.4 Å². The van der Waals surface area contributed by atoms with Crippen LogP contribution >= 0.6 is 15.9 Å². The SMILES string of the molecule is C=COC=Nc1cc(Br)c(OCCCC(C)C)nc1C. The molecule has 5 heteroatoms. The van der Waals surface area contributed by atoms with Gasteiger partial charge >= 0.3 is 0 Å². The Bertz CT molecular complexity index is 473. The van der Waals surface area contributed by atoms with Gasteiger partial charge in [-0.3, -0.25) is 0 Å². The molecule has 0 radical (unpaired) electrons. The lowest BCUT2D eigenvalue weighted by molar-refractivity contribution is 0.285. The molecule has 110 valence electrons. The van der Waals surface area contributed by atoms with Crippen molar-refractivity contribution in [3.8, 4) is 5.88 Å². The summed E-state index contributed by atoms with van der Waals surface area (Å²) >= 11 is 3.45. The summed E-state index contributed by atoms with van der Waals surface area (Å²) in [6, 6.07) is 1.86. The third-order valence-electron chi connectivity index (χ3n) is 2.62. The molecule has 1 aromatic rings. The van der Waals surface area contributed by atoms with Gasteiger partial charge in [-0.15, -0.1) is 0 Å². The first-order valence-electron chi connectivity index (χ1n) is 6.63. The van der Waals surface area contributed by atoms with Crippen LogP contribution in [-0.2, 0) is 4.74 Å². The molecule has 0 spiro atoms. The van der Waals surface area contributed by atoms with Crippen molar-refractivity contribution in [2.24, 2.45) is 10.9 Å². The zero-order chi connectivity index (χ0) is 15.0. The maximum atomic E-state index is 5.69. The minimum absolute atomic E-state index is 0.606. The molecule has 0 aliphatic carbocycles. The van der Waals surface area contributed by atoms with E-state index in [0.717, 1.165) is 28.7 Å². The van der Waals surface area contributed by atoms with Gasteiger partial charge in [-0.25, -0.2) is 9.98 Å². The second-order valence-corrected chi connectivity index (χ2v) is 5.66. The van der Waals surface area contributed by atoms with Crippen LogP contribution in [0.3, 0.4) is 0 Å². The third kappa shape index (κ3) is 5.74. The molecular formula is C15H21BrN2O2. The Balaban J connectivity index is 2.65. The van der Waals surface area contributed by atoms with Crippen molar-refractivity contribution in [3.05, 3.63) is 29.1 Å². The molecule has 4 nitrogen and oxygen atoms in total. The number of nitrogens with zero attached hydrogens (tertiary/aromatic N) is 2. The van der Waals surface area contributed by atoms with Crippen LogP contribution in [0.4, 0.5) is 5.69 Å². The molecule has 0 amide bonds. The second-order valence-electron chi connectivity index (χ2n) is 4.80. The normalized spacial score (nSPS) is 11.1. The van der Waals surface area contributed by atoms with Crippen molar-refractivity contribution in [1.82, 2.24) is 4.98 Å². The Morgan fingerprint density at radius 2 is 2.25 bits per heavy atom. The van der Waals surface area contributed by atoms with Crippen molar-refractivity contribution < 1.29 is 9.47 Å². The molecule has 1 heterocycles. The molecule has 1 rings (SSSR count). The molecule has 0 saturated carbocycles. The molecule has 0 saturated heterocycles. The summed E-state index contributed by atoms with van der Waals surface area (Å²) < 4.78 is 11.3. The molecule has 0 aliphatic rings. The minimum atomic E-state index is 0.606. The van der Waals surface area contributed by atoms with Gasteiger partial charge in [0.1, 0.15) is 0 Å². The van der Waals surface area contributed by atoms with E-state index in [9.17, 15) is 0 Å². The number of hydrogen-bond donors (Lipinski definition) is 0. The maximum Gasteiger partial charge on any atom is 0.228 e. The highest BCUT2D eigenvalue weighted by molar-refractivity contribution is 9.10. The van der Waals surface area contributed by atoms with Crippen LogP contribution in [0.15, 0.2) is 28.4 Å². The highest BCUT2D eigenvalue weighted by Crippen LogP contribution is 2.29. The molecule has 0 unspecified atom stereocenters. The van der Waals surface area contributed by atoms with E-state index in [1.165, 1.54) is 12.7 Å². The zero-order valence-corrected chi connectivity index (χ0v) is 13.8. The van der Waals surface area contributed by atoms with Crippen molar-refractivity contribution in [2.75, 3.05) is 6.61 Å². The van der Waals surface area contributed by atoms with Crippen LogP contribution in [0.2, 0.25) is 0 Å². The number of ether oxygens (including phenoxy) is 2. The van der Waals surface area contributed by atoms with E-state index in [1.807, 2.05) is 13.0 Å². The number of aryl methyl sites for hydroxylation is 1. The van der Waals surface area contributed by atoms with E-state index in [1.54, 1.807) is 0 Å². The van der Waals surface area contributed by atoms with Crippen molar-refractivity contribution in [2.45, 2.75) is 33.6 Å². The van der Waals surface area contributed by atoms with Crippen molar-refractivity contribution in [1.29, 1.82) is 0 Å². The van der Waals surface area contributed by atoms with E-state index < -0.39 is 0 Å². The second kappa shape index (κ2) is 8.74. The fourth-order valence-electron chi connectivity index (χ4n) is 1.57. The lowest BCUT2D eigenvalue weighted by Crippen LogP contribution is -2.02. The Hall–Kier alpha value is -1.36. The average Bonchev–Trinajstić information content (AvgIpc) is 2.39. The summed E-state index contributed by atoms with van der Waals surface area (Å²) in [4.78, 5) is 8.55. The van der Waals surface area contributed by atoms with Gasteiger partial charge in [-0.05, 0) is 47.7 Å². The van der Waals surface area contributed by atoms with E-state index >= 15 is 0 Å².